The normalized spacial score (nSPS) is 36.8. The highest BCUT2D eigenvalue weighted by molar-refractivity contribution is 8.00. The van der Waals surface area contributed by atoms with Crippen molar-refractivity contribution in [2.75, 3.05) is 24.6 Å². The molecule has 4 saturated carbocycles. The van der Waals surface area contributed by atoms with Crippen LogP contribution >= 0.6 is 11.8 Å². The number of carbonyl (C=O) groups excluding carboxylic acids is 2. The molecule has 4 bridgehead atoms. The quantitative estimate of drug-likeness (QED) is 0.770. The molecule has 5 heteroatoms. The van der Waals surface area contributed by atoms with Crippen LogP contribution in [0.3, 0.4) is 0 Å². The SMILES string of the molecule is C[C@@H](NC(=O)CSCC(=O)N1CCCCC1)C12CC3CC(CC(C3)C1)C2. The molecular weight excluding hydrogens is 344 g/mol. The van der Waals surface area contributed by atoms with Gasteiger partial charge in [-0.25, -0.2) is 0 Å². The van der Waals surface area contributed by atoms with Gasteiger partial charge in [-0.3, -0.25) is 9.59 Å². The summed E-state index contributed by atoms with van der Waals surface area (Å²) in [5.41, 5.74) is 0.360. The molecule has 4 aliphatic carbocycles. The van der Waals surface area contributed by atoms with E-state index in [0.29, 0.717) is 16.9 Å². The number of carbonyl (C=O) groups is 2. The number of hydrogen-bond donors (Lipinski definition) is 1. The van der Waals surface area contributed by atoms with Crippen molar-refractivity contribution in [1.82, 2.24) is 10.2 Å². The van der Waals surface area contributed by atoms with E-state index in [-0.39, 0.29) is 17.9 Å². The van der Waals surface area contributed by atoms with Crippen molar-refractivity contribution in [2.45, 2.75) is 70.8 Å². The molecule has 0 aromatic carbocycles. The lowest BCUT2D eigenvalue weighted by Gasteiger charge is -2.59. The predicted octanol–water partition coefficient (Wildman–Crippen LogP) is 3.45. The van der Waals surface area contributed by atoms with Crippen LogP contribution < -0.4 is 5.32 Å². The molecule has 4 nitrogen and oxygen atoms in total. The highest BCUT2D eigenvalue weighted by atomic mass is 32.2. The Morgan fingerprint density at radius 1 is 1.00 bits per heavy atom. The molecule has 26 heavy (non-hydrogen) atoms. The Balaban J connectivity index is 1.21. The maximum atomic E-state index is 12.4. The minimum absolute atomic E-state index is 0.115. The van der Waals surface area contributed by atoms with Crippen LogP contribution in [0.15, 0.2) is 0 Å². The second-order valence-electron chi connectivity index (χ2n) is 9.50. The number of nitrogens with zero attached hydrogens (tertiary/aromatic N) is 1. The van der Waals surface area contributed by atoms with E-state index in [2.05, 4.69) is 12.2 Å². The molecule has 1 heterocycles. The van der Waals surface area contributed by atoms with Gasteiger partial charge in [0.1, 0.15) is 0 Å². The fourth-order valence-electron chi connectivity index (χ4n) is 6.61. The van der Waals surface area contributed by atoms with Gasteiger partial charge in [0.05, 0.1) is 11.5 Å². The van der Waals surface area contributed by atoms with Crippen molar-refractivity contribution in [2.24, 2.45) is 23.2 Å². The molecule has 0 unspecified atom stereocenters. The number of hydrogen-bond acceptors (Lipinski definition) is 3. The number of likely N-dealkylation sites (tertiary alicyclic amines) is 1. The molecule has 5 fully saturated rings. The maximum Gasteiger partial charge on any atom is 0.232 e. The zero-order valence-electron chi connectivity index (χ0n) is 16.2. The fourth-order valence-corrected chi connectivity index (χ4v) is 7.34. The molecule has 146 valence electrons. The van der Waals surface area contributed by atoms with Crippen molar-refractivity contribution in [3.8, 4) is 0 Å². The third kappa shape index (κ3) is 3.93. The molecule has 0 aromatic heterocycles. The highest BCUT2D eigenvalue weighted by Crippen LogP contribution is 2.61. The van der Waals surface area contributed by atoms with E-state index in [4.69, 9.17) is 0 Å². The first-order valence-electron chi connectivity index (χ1n) is 10.7. The average Bonchev–Trinajstić information content (AvgIpc) is 2.61. The van der Waals surface area contributed by atoms with Gasteiger partial charge in [0.2, 0.25) is 11.8 Å². The molecular formula is C21H34N2O2S. The summed E-state index contributed by atoms with van der Waals surface area (Å²) in [4.78, 5) is 26.6. The zero-order chi connectivity index (χ0) is 18.1. The molecule has 0 aromatic rings. The molecule has 1 N–H and O–H groups in total. The third-order valence-corrected chi connectivity index (χ3v) is 8.47. The molecule has 1 atom stereocenters. The van der Waals surface area contributed by atoms with Gasteiger partial charge < -0.3 is 10.2 Å². The Morgan fingerprint density at radius 2 is 1.58 bits per heavy atom. The van der Waals surface area contributed by atoms with Crippen LogP contribution in [0, 0.1) is 23.2 Å². The molecule has 2 amide bonds. The second-order valence-corrected chi connectivity index (χ2v) is 10.5. The topological polar surface area (TPSA) is 49.4 Å². The number of nitrogens with one attached hydrogen (secondary N) is 1. The number of thioether (sulfide) groups is 1. The van der Waals surface area contributed by atoms with Crippen LogP contribution in [0.2, 0.25) is 0 Å². The van der Waals surface area contributed by atoms with Crippen molar-refractivity contribution >= 4 is 23.6 Å². The van der Waals surface area contributed by atoms with Crippen molar-refractivity contribution < 1.29 is 9.59 Å². The summed E-state index contributed by atoms with van der Waals surface area (Å²) in [5, 5.41) is 3.31. The molecule has 0 spiro atoms. The molecule has 5 aliphatic rings. The fraction of sp³-hybridized carbons (Fsp3) is 0.905. The first kappa shape index (κ1) is 18.6. The lowest BCUT2D eigenvalue weighted by atomic mass is 9.48. The first-order chi connectivity index (χ1) is 12.5. The Hall–Kier alpha value is -0.710. The van der Waals surface area contributed by atoms with Gasteiger partial charge in [-0.15, -0.1) is 11.8 Å². The number of piperidine rings is 1. The summed E-state index contributed by atoms with van der Waals surface area (Å²) >= 11 is 1.48. The predicted molar refractivity (Wildman–Crippen MR) is 106 cm³/mol. The molecule has 1 aliphatic heterocycles. The Morgan fingerprint density at radius 3 is 2.15 bits per heavy atom. The molecule has 1 saturated heterocycles. The van der Waals surface area contributed by atoms with E-state index in [1.165, 1.54) is 56.7 Å². The molecule has 5 rings (SSSR count). The minimum atomic E-state index is 0.115. The van der Waals surface area contributed by atoms with Crippen molar-refractivity contribution in [3.63, 3.8) is 0 Å². The van der Waals surface area contributed by atoms with E-state index in [9.17, 15) is 9.59 Å². The van der Waals surface area contributed by atoms with E-state index in [0.717, 1.165) is 43.7 Å². The summed E-state index contributed by atoms with van der Waals surface area (Å²) in [6, 6.07) is 0.279. The van der Waals surface area contributed by atoms with Crippen molar-refractivity contribution in [1.29, 1.82) is 0 Å². The standard InChI is InChI=1S/C21H34N2O2S/c1-15(21-10-16-7-17(11-21)9-18(8-16)12-21)22-19(24)13-26-14-20(25)23-5-3-2-4-6-23/h15-18H,2-14H2,1H3,(H,22,24)/t15-,16?,17?,18?,21?/m1/s1. The lowest BCUT2D eigenvalue weighted by molar-refractivity contribution is -0.129. The third-order valence-electron chi connectivity index (χ3n) is 7.55. The average molecular weight is 379 g/mol. The minimum Gasteiger partial charge on any atom is -0.352 e. The largest absolute Gasteiger partial charge is 0.352 e. The van der Waals surface area contributed by atoms with E-state index in [1.54, 1.807) is 0 Å². The summed E-state index contributed by atoms with van der Waals surface area (Å²) in [6.45, 7) is 4.03. The molecule has 0 radical (unpaired) electrons. The zero-order valence-corrected chi connectivity index (χ0v) is 17.0. The van der Waals surface area contributed by atoms with Crippen LogP contribution in [-0.4, -0.2) is 47.4 Å². The van der Waals surface area contributed by atoms with Crippen LogP contribution in [0.1, 0.15) is 64.7 Å². The highest BCUT2D eigenvalue weighted by Gasteiger charge is 2.53. The van der Waals surface area contributed by atoms with Gasteiger partial charge in [0.15, 0.2) is 0 Å². The van der Waals surface area contributed by atoms with E-state index in [1.807, 2.05) is 4.90 Å². The van der Waals surface area contributed by atoms with Crippen LogP contribution in [0.4, 0.5) is 0 Å². The van der Waals surface area contributed by atoms with Gasteiger partial charge in [0, 0.05) is 19.1 Å². The van der Waals surface area contributed by atoms with Crippen LogP contribution in [0.5, 0.6) is 0 Å². The van der Waals surface area contributed by atoms with Gasteiger partial charge in [0.25, 0.3) is 0 Å². The smallest absolute Gasteiger partial charge is 0.232 e. The maximum absolute atomic E-state index is 12.4. The van der Waals surface area contributed by atoms with Gasteiger partial charge in [-0.1, -0.05) is 0 Å². The lowest BCUT2D eigenvalue weighted by Crippen LogP contribution is -2.56. The van der Waals surface area contributed by atoms with Gasteiger partial charge in [-0.2, -0.15) is 0 Å². The summed E-state index contributed by atoms with van der Waals surface area (Å²) in [6.07, 6.45) is 11.8. The Bertz CT molecular complexity index is 509. The summed E-state index contributed by atoms with van der Waals surface area (Å²) in [5.74, 6) is 3.92. The Kier molecular flexibility index (Phi) is 5.54. The van der Waals surface area contributed by atoms with E-state index >= 15 is 0 Å². The number of amides is 2. The second kappa shape index (κ2) is 7.73. The monoisotopic (exact) mass is 378 g/mol. The van der Waals surface area contributed by atoms with E-state index < -0.39 is 0 Å². The summed E-state index contributed by atoms with van der Waals surface area (Å²) in [7, 11) is 0. The van der Waals surface area contributed by atoms with Gasteiger partial charge >= 0.3 is 0 Å². The van der Waals surface area contributed by atoms with Gasteiger partial charge in [-0.05, 0) is 87.9 Å². The Labute approximate surface area is 162 Å². The van der Waals surface area contributed by atoms with Crippen LogP contribution in [-0.2, 0) is 9.59 Å². The van der Waals surface area contributed by atoms with Crippen LogP contribution in [0.25, 0.3) is 0 Å². The summed E-state index contributed by atoms with van der Waals surface area (Å²) < 4.78 is 0. The first-order valence-corrected chi connectivity index (χ1v) is 11.8. The number of rotatable bonds is 6. The van der Waals surface area contributed by atoms with Crippen molar-refractivity contribution in [3.05, 3.63) is 0 Å².